The number of aromatic nitrogens is 3. The highest BCUT2D eigenvalue weighted by molar-refractivity contribution is 5.77. The first kappa shape index (κ1) is 12.5. The van der Waals surface area contributed by atoms with Gasteiger partial charge in [-0.1, -0.05) is 0 Å². The third-order valence-corrected chi connectivity index (χ3v) is 3.45. The second-order valence-electron chi connectivity index (χ2n) is 5.05. The van der Waals surface area contributed by atoms with Gasteiger partial charge >= 0.3 is 0 Å². The topological polar surface area (TPSA) is 59.5 Å². The van der Waals surface area contributed by atoms with E-state index in [9.17, 15) is 0 Å². The molecule has 0 atom stereocenters. The normalized spacial score (nSPS) is 10.9. The number of hydrogen-bond donors (Lipinski definition) is 1. The van der Waals surface area contributed by atoms with E-state index in [2.05, 4.69) is 9.97 Å². The monoisotopic (exact) mass is 267 g/mol. The molecule has 0 aliphatic heterocycles. The number of pyridine rings is 2. The number of rotatable bonds is 2. The van der Waals surface area contributed by atoms with Gasteiger partial charge in [0.05, 0.1) is 5.69 Å². The summed E-state index contributed by atoms with van der Waals surface area (Å²) in [6.45, 7) is 2.03. The third-order valence-electron chi connectivity index (χ3n) is 3.45. The summed E-state index contributed by atoms with van der Waals surface area (Å²) in [5.41, 5.74) is 11.1. The van der Waals surface area contributed by atoms with Gasteiger partial charge in [0.1, 0.15) is 17.2 Å². The molecule has 0 aliphatic rings. The molecule has 3 rings (SSSR count). The molecule has 0 radical (unpaired) electrons. The molecule has 0 fully saturated rings. The van der Waals surface area contributed by atoms with Crippen molar-refractivity contribution in [3.8, 4) is 11.3 Å². The van der Waals surface area contributed by atoms with Crippen LogP contribution in [-0.4, -0.2) is 28.5 Å². The van der Waals surface area contributed by atoms with E-state index in [1.54, 1.807) is 12.4 Å². The molecule has 102 valence electrons. The van der Waals surface area contributed by atoms with Gasteiger partial charge in [-0.3, -0.25) is 9.38 Å². The van der Waals surface area contributed by atoms with E-state index in [1.165, 1.54) is 0 Å². The molecule has 0 bridgehead atoms. The zero-order chi connectivity index (χ0) is 14.3. The Bertz CT molecular complexity index is 773. The first-order chi connectivity index (χ1) is 9.58. The maximum absolute atomic E-state index is 6.26. The van der Waals surface area contributed by atoms with Crippen LogP contribution in [0.4, 0.5) is 11.5 Å². The van der Waals surface area contributed by atoms with Crippen LogP contribution in [0.3, 0.4) is 0 Å². The van der Waals surface area contributed by atoms with Gasteiger partial charge in [-0.25, -0.2) is 4.98 Å². The van der Waals surface area contributed by atoms with Crippen molar-refractivity contribution in [3.63, 3.8) is 0 Å². The molecule has 5 nitrogen and oxygen atoms in total. The number of nitrogen functional groups attached to an aromatic ring is 1. The second kappa shape index (κ2) is 4.52. The van der Waals surface area contributed by atoms with Crippen LogP contribution < -0.4 is 10.6 Å². The minimum absolute atomic E-state index is 0.639. The second-order valence-corrected chi connectivity index (χ2v) is 5.05. The molecule has 3 heterocycles. The van der Waals surface area contributed by atoms with Crippen molar-refractivity contribution < 1.29 is 0 Å². The molecule has 2 N–H and O–H groups in total. The summed E-state index contributed by atoms with van der Waals surface area (Å²) in [5.74, 6) is 0.639. The third kappa shape index (κ3) is 1.87. The van der Waals surface area contributed by atoms with Gasteiger partial charge in [-0.15, -0.1) is 0 Å². The molecule has 0 spiro atoms. The summed E-state index contributed by atoms with van der Waals surface area (Å²) >= 11 is 0. The highest BCUT2D eigenvalue weighted by atomic mass is 15.1. The Labute approximate surface area is 117 Å². The molecule has 3 aromatic heterocycles. The zero-order valence-corrected chi connectivity index (χ0v) is 11.8. The molecule has 0 saturated carbocycles. The Morgan fingerprint density at radius 2 is 2.00 bits per heavy atom. The Morgan fingerprint density at radius 3 is 2.70 bits per heavy atom. The highest BCUT2D eigenvalue weighted by Gasteiger charge is 2.13. The average Bonchev–Trinajstić information content (AvgIpc) is 2.76. The first-order valence-corrected chi connectivity index (χ1v) is 6.44. The molecular formula is C15H17N5. The highest BCUT2D eigenvalue weighted by Crippen LogP contribution is 2.29. The minimum atomic E-state index is 0.639. The van der Waals surface area contributed by atoms with Crippen LogP contribution in [0, 0.1) is 6.92 Å². The van der Waals surface area contributed by atoms with E-state index < -0.39 is 0 Å². The van der Waals surface area contributed by atoms with Crippen LogP contribution in [0.5, 0.6) is 0 Å². The predicted octanol–water partition coefficient (Wildman–Crippen LogP) is 2.35. The molecule has 20 heavy (non-hydrogen) atoms. The smallest absolute Gasteiger partial charge is 0.139 e. The molecule has 0 unspecified atom stereocenters. The molecule has 0 aliphatic carbocycles. The fourth-order valence-electron chi connectivity index (χ4n) is 2.23. The molecule has 0 aromatic carbocycles. The van der Waals surface area contributed by atoms with Crippen molar-refractivity contribution in [1.29, 1.82) is 0 Å². The van der Waals surface area contributed by atoms with Gasteiger partial charge in [-0.05, 0) is 30.7 Å². The van der Waals surface area contributed by atoms with Crippen LogP contribution in [-0.2, 0) is 0 Å². The lowest BCUT2D eigenvalue weighted by Crippen LogP contribution is -2.09. The standard InChI is InChI=1S/C15H17N5/c1-10-6-7-17-8-12(10)14-15(16)20-9-11(19(2)3)4-5-13(20)18-14/h4-9H,16H2,1-3H3. The summed E-state index contributed by atoms with van der Waals surface area (Å²) in [5, 5.41) is 0. The fourth-order valence-corrected chi connectivity index (χ4v) is 2.23. The SMILES string of the molecule is Cc1ccncc1-c1nc2ccc(N(C)C)cn2c1N. The van der Waals surface area contributed by atoms with Crippen LogP contribution >= 0.6 is 0 Å². The Morgan fingerprint density at radius 1 is 1.20 bits per heavy atom. The molecule has 5 heteroatoms. The van der Waals surface area contributed by atoms with Crippen molar-refractivity contribution in [2.45, 2.75) is 6.92 Å². The molecular weight excluding hydrogens is 250 g/mol. The Kier molecular flexibility index (Phi) is 2.82. The Hall–Kier alpha value is -2.56. The molecule has 0 amide bonds. The lowest BCUT2D eigenvalue weighted by atomic mass is 10.1. The largest absolute Gasteiger partial charge is 0.383 e. The summed E-state index contributed by atoms with van der Waals surface area (Å²) < 4.78 is 1.91. The van der Waals surface area contributed by atoms with Crippen LogP contribution in [0.25, 0.3) is 16.9 Å². The van der Waals surface area contributed by atoms with Crippen molar-refractivity contribution in [3.05, 3.63) is 42.4 Å². The fraction of sp³-hybridized carbons (Fsp3) is 0.200. The van der Waals surface area contributed by atoms with Crippen molar-refractivity contribution in [2.75, 3.05) is 24.7 Å². The van der Waals surface area contributed by atoms with Gasteiger partial charge in [-0.2, -0.15) is 0 Å². The van der Waals surface area contributed by atoms with Gasteiger partial charge in [0.2, 0.25) is 0 Å². The quantitative estimate of drug-likeness (QED) is 0.774. The predicted molar refractivity (Wildman–Crippen MR) is 81.9 cm³/mol. The minimum Gasteiger partial charge on any atom is -0.383 e. The summed E-state index contributed by atoms with van der Waals surface area (Å²) in [6, 6.07) is 5.96. The van der Waals surface area contributed by atoms with Crippen molar-refractivity contribution in [2.24, 2.45) is 0 Å². The lowest BCUT2D eigenvalue weighted by molar-refractivity contribution is 1.09. The van der Waals surface area contributed by atoms with E-state index >= 15 is 0 Å². The van der Waals surface area contributed by atoms with E-state index in [1.807, 2.05) is 54.7 Å². The number of hydrogen-bond acceptors (Lipinski definition) is 4. The number of nitrogens with zero attached hydrogens (tertiary/aromatic N) is 4. The van der Waals surface area contributed by atoms with Crippen molar-refractivity contribution >= 4 is 17.2 Å². The van der Waals surface area contributed by atoms with Crippen LogP contribution in [0.15, 0.2) is 36.8 Å². The number of aryl methyl sites for hydroxylation is 1. The van der Waals surface area contributed by atoms with Crippen LogP contribution in [0.2, 0.25) is 0 Å². The summed E-state index contributed by atoms with van der Waals surface area (Å²) in [7, 11) is 4.00. The van der Waals surface area contributed by atoms with E-state index in [4.69, 9.17) is 5.73 Å². The van der Waals surface area contributed by atoms with E-state index in [0.717, 1.165) is 28.2 Å². The maximum Gasteiger partial charge on any atom is 0.139 e. The zero-order valence-electron chi connectivity index (χ0n) is 11.8. The van der Waals surface area contributed by atoms with E-state index in [-0.39, 0.29) is 0 Å². The molecule has 0 saturated heterocycles. The summed E-state index contributed by atoms with van der Waals surface area (Å²) in [6.07, 6.45) is 5.57. The molecule has 3 aromatic rings. The first-order valence-electron chi connectivity index (χ1n) is 6.44. The van der Waals surface area contributed by atoms with Crippen molar-refractivity contribution in [1.82, 2.24) is 14.4 Å². The lowest BCUT2D eigenvalue weighted by Gasteiger charge is -2.12. The van der Waals surface area contributed by atoms with Gasteiger partial charge < -0.3 is 10.6 Å². The number of fused-ring (bicyclic) bond motifs is 1. The maximum atomic E-state index is 6.26. The number of anilines is 2. The van der Waals surface area contributed by atoms with Gasteiger partial charge in [0.15, 0.2) is 0 Å². The average molecular weight is 267 g/mol. The number of imidazole rings is 1. The van der Waals surface area contributed by atoms with Crippen LogP contribution in [0.1, 0.15) is 5.56 Å². The van der Waals surface area contributed by atoms with E-state index in [0.29, 0.717) is 5.82 Å². The number of nitrogens with two attached hydrogens (primary N) is 1. The Balaban J connectivity index is 2.24. The summed E-state index contributed by atoms with van der Waals surface area (Å²) in [4.78, 5) is 10.8. The van der Waals surface area contributed by atoms with Gasteiger partial charge in [0.25, 0.3) is 0 Å². The van der Waals surface area contributed by atoms with Gasteiger partial charge in [0, 0.05) is 38.2 Å².